The Labute approximate surface area is 107 Å². The fourth-order valence-corrected chi connectivity index (χ4v) is 2.27. The van der Waals surface area contributed by atoms with E-state index >= 15 is 0 Å². The highest BCUT2D eigenvalue weighted by Crippen LogP contribution is 2.25. The minimum atomic E-state index is -0.0775. The van der Waals surface area contributed by atoms with E-state index in [4.69, 9.17) is 9.47 Å². The fraction of sp³-hybridized carbons (Fsp3) is 0.500. The highest BCUT2D eigenvalue weighted by molar-refractivity contribution is 5.77. The van der Waals surface area contributed by atoms with Crippen molar-refractivity contribution in [1.82, 2.24) is 4.90 Å². The Bertz CT molecular complexity index is 393. The molecule has 1 aromatic carbocycles. The second-order valence-corrected chi connectivity index (χ2v) is 4.60. The molecule has 2 rings (SSSR count). The van der Waals surface area contributed by atoms with E-state index in [0.29, 0.717) is 13.2 Å². The van der Waals surface area contributed by atoms with E-state index in [-0.39, 0.29) is 24.5 Å². The number of nitrogens with zero attached hydrogens (tertiary/aromatic N) is 1. The number of ether oxygens (including phenoxy) is 2. The smallest absolute Gasteiger partial charge is 0.248 e. The van der Waals surface area contributed by atoms with Gasteiger partial charge in [-0.15, -0.1) is 0 Å². The summed E-state index contributed by atoms with van der Waals surface area (Å²) in [7, 11) is 3.47. The number of rotatable bonds is 3. The van der Waals surface area contributed by atoms with Crippen molar-refractivity contribution in [1.29, 1.82) is 0 Å². The Hall–Kier alpha value is -1.39. The van der Waals surface area contributed by atoms with E-state index in [1.165, 1.54) is 5.56 Å². The molecule has 1 heterocycles. The number of benzene rings is 1. The van der Waals surface area contributed by atoms with Crippen LogP contribution in [0.4, 0.5) is 0 Å². The molecular formula is C14H19NO3. The molecular weight excluding hydrogens is 230 g/mol. The monoisotopic (exact) mass is 249 g/mol. The molecule has 1 aromatic rings. The first-order valence-electron chi connectivity index (χ1n) is 6.12. The van der Waals surface area contributed by atoms with E-state index in [1.54, 1.807) is 12.0 Å². The van der Waals surface area contributed by atoms with Gasteiger partial charge < -0.3 is 14.4 Å². The molecule has 4 nitrogen and oxygen atoms in total. The van der Waals surface area contributed by atoms with Gasteiger partial charge in [0.2, 0.25) is 5.91 Å². The summed E-state index contributed by atoms with van der Waals surface area (Å²) in [6.07, 6.45) is -0.0775. The lowest BCUT2D eigenvalue weighted by Gasteiger charge is -2.26. The van der Waals surface area contributed by atoms with E-state index in [0.717, 1.165) is 0 Å². The first-order valence-corrected chi connectivity index (χ1v) is 6.12. The molecule has 18 heavy (non-hydrogen) atoms. The summed E-state index contributed by atoms with van der Waals surface area (Å²) < 4.78 is 10.9. The maximum atomic E-state index is 11.7. The first kappa shape index (κ1) is 13.1. The number of likely N-dealkylation sites (N-methyl/N-ethyl adjacent to an activating group) is 1. The lowest BCUT2D eigenvalue weighted by atomic mass is 9.93. The van der Waals surface area contributed by atoms with Crippen LogP contribution in [-0.4, -0.2) is 50.8 Å². The summed E-state index contributed by atoms with van der Waals surface area (Å²) in [5.74, 6) is 0.178. The number of carbonyl (C=O) groups is 1. The highest BCUT2D eigenvalue weighted by Gasteiger charge is 2.30. The van der Waals surface area contributed by atoms with E-state index in [2.05, 4.69) is 12.1 Å². The second kappa shape index (κ2) is 5.98. The fourth-order valence-electron chi connectivity index (χ4n) is 2.27. The zero-order valence-electron chi connectivity index (χ0n) is 10.8. The minimum Gasteiger partial charge on any atom is -0.382 e. The predicted molar refractivity (Wildman–Crippen MR) is 68.4 cm³/mol. The zero-order valence-corrected chi connectivity index (χ0v) is 10.8. The van der Waals surface area contributed by atoms with Crippen molar-refractivity contribution in [3.05, 3.63) is 35.9 Å². The van der Waals surface area contributed by atoms with Gasteiger partial charge in [-0.25, -0.2) is 0 Å². The second-order valence-electron chi connectivity index (χ2n) is 4.60. The van der Waals surface area contributed by atoms with Gasteiger partial charge in [0.25, 0.3) is 0 Å². The lowest BCUT2D eigenvalue weighted by Crippen LogP contribution is -2.32. The highest BCUT2D eigenvalue weighted by atomic mass is 16.5. The molecule has 2 atom stereocenters. The molecule has 1 saturated heterocycles. The van der Waals surface area contributed by atoms with Crippen LogP contribution in [-0.2, 0) is 14.3 Å². The molecule has 0 aromatic heterocycles. The molecule has 0 spiro atoms. The normalized spacial score (nSPS) is 25.0. The van der Waals surface area contributed by atoms with Crippen LogP contribution in [0.2, 0.25) is 0 Å². The van der Waals surface area contributed by atoms with E-state index < -0.39 is 0 Å². The summed E-state index contributed by atoms with van der Waals surface area (Å²) in [5.41, 5.74) is 1.18. The van der Waals surface area contributed by atoms with Crippen LogP contribution in [0.25, 0.3) is 0 Å². The van der Waals surface area contributed by atoms with Crippen molar-refractivity contribution in [2.24, 2.45) is 0 Å². The molecule has 0 aliphatic carbocycles. The van der Waals surface area contributed by atoms with Gasteiger partial charge in [0.15, 0.2) is 0 Å². The number of hydrogen-bond donors (Lipinski definition) is 0. The average Bonchev–Trinajstić information content (AvgIpc) is 2.53. The van der Waals surface area contributed by atoms with Crippen LogP contribution in [0.15, 0.2) is 30.3 Å². The van der Waals surface area contributed by atoms with Gasteiger partial charge in [0.05, 0.1) is 12.7 Å². The van der Waals surface area contributed by atoms with E-state index in [1.807, 2.05) is 25.2 Å². The van der Waals surface area contributed by atoms with Gasteiger partial charge in [-0.05, 0) is 5.56 Å². The largest absolute Gasteiger partial charge is 0.382 e. The molecule has 1 aliphatic rings. The molecule has 0 N–H and O–H groups in total. The molecule has 0 radical (unpaired) electrons. The first-order chi connectivity index (χ1) is 8.72. The van der Waals surface area contributed by atoms with Gasteiger partial charge >= 0.3 is 0 Å². The van der Waals surface area contributed by atoms with Gasteiger partial charge in [-0.1, -0.05) is 30.3 Å². The SMILES string of the molecule is COC[C@H]1OCC(=O)N(C)CC1c1ccccc1. The summed E-state index contributed by atoms with van der Waals surface area (Å²) in [6, 6.07) is 10.1. The third-order valence-electron chi connectivity index (χ3n) is 3.32. The Morgan fingerprint density at radius 3 is 2.78 bits per heavy atom. The summed E-state index contributed by atoms with van der Waals surface area (Å²) in [4.78, 5) is 13.4. The molecule has 1 fully saturated rings. The minimum absolute atomic E-state index is 0.0227. The van der Waals surface area contributed by atoms with Crippen LogP contribution in [0.1, 0.15) is 11.5 Å². The molecule has 1 unspecified atom stereocenters. The third-order valence-corrected chi connectivity index (χ3v) is 3.32. The number of carbonyl (C=O) groups excluding carboxylic acids is 1. The maximum absolute atomic E-state index is 11.7. The Kier molecular flexibility index (Phi) is 4.33. The Morgan fingerprint density at radius 2 is 2.11 bits per heavy atom. The van der Waals surface area contributed by atoms with Crippen molar-refractivity contribution in [3.63, 3.8) is 0 Å². The number of amides is 1. The Balaban J connectivity index is 2.23. The van der Waals surface area contributed by atoms with Crippen molar-refractivity contribution in [2.75, 3.05) is 33.9 Å². The quantitative estimate of drug-likeness (QED) is 0.810. The molecule has 98 valence electrons. The number of hydrogen-bond acceptors (Lipinski definition) is 3. The van der Waals surface area contributed by atoms with Crippen LogP contribution in [0, 0.1) is 0 Å². The standard InChI is InChI=1S/C14H19NO3/c1-15-8-12(11-6-4-3-5-7-11)13(9-17-2)18-10-14(15)16/h3-7,12-13H,8-10H2,1-2H3/t12?,13-/m1/s1. The van der Waals surface area contributed by atoms with Gasteiger partial charge in [-0.2, -0.15) is 0 Å². The van der Waals surface area contributed by atoms with Crippen LogP contribution in [0.3, 0.4) is 0 Å². The average molecular weight is 249 g/mol. The van der Waals surface area contributed by atoms with Crippen LogP contribution in [0.5, 0.6) is 0 Å². The molecule has 1 amide bonds. The third kappa shape index (κ3) is 2.89. The van der Waals surface area contributed by atoms with Gasteiger partial charge in [0.1, 0.15) is 6.61 Å². The van der Waals surface area contributed by atoms with Crippen molar-refractivity contribution in [3.8, 4) is 0 Å². The van der Waals surface area contributed by atoms with Crippen LogP contribution < -0.4 is 0 Å². The topological polar surface area (TPSA) is 38.8 Å². The van der Waals surface area contributed by atoms with Crippen molar-refractivity contribution >= 4 is 5.91 Å². The summed E-state index contributed by atoms with van der Waals surface area (Å²) >= 11 is 0. The molecule has 4 heteroatoms. The lowest BCUT2D eigenvalue weighted by molar-refractivity contribution is -0.134. The molecule has 1 aliphatic heterocycles. The van der Waals surface area contributed by atoms with Crippen molar-refractivity contribution < 1.29 is 14.3 Å². The van der Waals surface area contributed by atoms with Crippen molar-refractivity contribution in [2.45, 2.75) is 12.0 Å². The van der Waals surface area contributed by atoms with Gasteiger partial charge in [-0.3, -0.25) is 4.79 Å². The summed E-state index contributed by atoms with van der Waals surface area (Å²) in [5, 5.41) is 0. The van der Waals surface area contributed by atoms with Gasteiger partial charge in [0, 0.05) is 26.6 Å². The van der Waals surface area contributed by atoms with E-state index in [9.17, 15) is 4.79 Å². The predicted octanol–water partition coefficient (Wildman–Crippen LogP) is 1.27. The molecule has 0 bridgehead atoms. The maximum Gasteiger partial charge on any atom is 0.248 e. The Morgan fingerprint density at radius 1 is 1.39 bits per heavy atom. The number of methoxy groups -OCH3 is 1. The zero-order chi connectivity index (χ0) is 13.0. The van der Waals surface area contributed by atoms with Crippen LogP contribution >= 0.6 is 0 Å². The molecule has 0 saturated carbocycles. The summed E-state index contributed by atoms with van der Waals surface area (Å²) in [6.45, 7) is 1.30.